The molecule has 0 saturated carbocycles. The number of aliphatic carboxylic acids is 1. The Bertz CT molecular complexity index is 1290. The summed E-state index contributed by atoms with van der Waals surface area (Å²) in [4.78, 5) is 40.1. The van der Waals surface area contributed by atoms with Crippen LogP contribution in [0.4, 0.5) is 4.79 Å². The Labute approximate surface area is 246 Å². The third kappa shape index (κ3) is 7.21. The third-order valence-electron chi connectivity index (χ3n) is 7.77. The molecule has 1 N–H and O–H groups in total. The van der Waals surface area contributed by atoms with E-state index in [1.54, 1.807) is 33.0 Å². The van der Waals surface area contributed by atoms with E-state index in [-0.39, 0.29) is 18.6 Å². The van der Waals surface area contributed by atoms with E-state index in [0.29, 0.717) is 24.3 Å². The zero-order valence-electron chi connectivity index (χ0n) is 24.3. The van der Waals surface area contributed by atoms with Gasteiger partial charge in [-0.3, -0.25) is 9.59 Å². The molecule has 3 aromatic carbocycles. The highest BCUT2D eigenvalue weighted by atomic mass is 16.7. The summed E-state index contributed by atoms with van der Waals surface area (Å²) in [7, 11) is 3.19. The Balaban J connectivity index is 1.55. The Morgan fingerprint density at radius 1 is 0.810 bits per heavy atom. The van der Waals surface area contributed by atoms with Crippen molar-refractivity contribution in [3.63, 3.8) is 0 Å². The fraction of sp³-hybridized carbons (Fsp3) is 0.364. The minimum absolute atomic E-state index is 0.0257. The van der Waals surface area contributed by atoms with Gasteiger partial charge in [-0.05, 0) is 67.6 Å². The first-order valence-electron chi connectivity index (χ1n) is 13.9. The minimum atomic E-state index is -1.03. The number of nitrogens with zero attached hydrogens (tertiary/aromatic N) is 1. The standard InChI is InChI=1S/C33H37NO8/c1-21(32(36)37)30-29(22(2)42-33(38)41-20-25-8-6-5-7-9-25)31(35)34(30)26(18-23-10-14-27(39-3)15-11-23)19-24-12-16-28(40-4)17-13-24/h5-17,21-22,26,29-30H,18-20H2,1-4H3,(H,36,37). The van der Waals surface area contributed by atoms with E-state index in [2.05, 4.69) is 0 Å². The molecule has 9 nitrogen and oxygen atoms in total. The summed E-state index contributed by atoms with van der Waals surface area (Å²) in [6, 6.07) is 23.3. The molecule has 0 radical (unpaired) electrons. The fourth-order valence-corrected chi connectivity index (χ4v) is 5.47. The van der Waals surface area contributed by atoms with E-state index in [0.717, 1.165) is 16.7 Å². The lowest BCUT2D eigenvalue weighted by Gasteiger charge is -2.54. The summed E-state index contributed by atoms with van der Waals surface area (Å²) in [5.74, 6) is -1.58. The maximum Gasteiger partial charge on any atom is 0.508 e. The van der Waals surface area contributed by atoms with Crippen molar-refractivity contribution in [1.29, 1.82) is 0 Å². The second kappa shape index (κ2) is 13.9. The largest absolute Gasteiger partial charge is 0.508 e. The van der Waals surface area contributed by atoms with Crippen LogP contribution in [-0.4, -0.2) is 60.4 Å². The van der Waals surface area contributed by atoms with Crippen LogP contribution >= 0.6 is 0 Å². The van der Waals surface area contributed by atoms with Crippen molar-refractivity contribution in [2.45, 2.75) is 51.5 Å². The molecular weight excluding hydrogens is 538 g/mol. The fourth-order valence-electron chi connectivity index (χ4n) is 5.47. The lowest BCUT2D eigenvalue weighted by molar-refractivity contribution is -0.179. The number of methoxy groups -OCH3 is 2. The topological polar surface area (TPSA) is 112 Å². The van der Waals surface area contributed by atoms with Gasteiger partial charge >= 0.3 is 12.1 Å². The van der Waals surface area contributed by atoms with Gasteiger partial charge < -0.3 is 29.0 Å². The van der Waals surface area contributed by atoms with Crippen molar-refractivity contribution in [1.82, 2.24) is 4.90 Å². The molecule has 4 unspecified atom stereocenters. The van der Waals surface area contributed by atoms with Crippen molar-refractivity contribution in [2.75, 3.05) is 14.2 Å². The van der Waals surface area contributed by atoms with Gasteiger partial charge in [0, 0.05) is 6.04 Å². The van der Waals surface area contributed by atoms with Gasteiger partial charge in [0.15, 0.2) is 0 Å². The molecule has 1 aliphatic heterocycles. The highest BCUT2D eigenvalue weighted by molar-refractivity contribution is 5.89. The van der Waals surface area contributed by atoms with Crippen LogP contribution in [0, 0.1) is 11.8 Å². The number of hydrogen-bond acceptors (Lipinski definition) is 7. The number of rotatable bonds is 13. The number of β-lactam (4-membered cyclic amide) rings is 1. The maximum absolute atomic E-state index is 13.8. The molecule has 42 heavy (non-hydrogen) atoms. The van der Waals surface area contributed by atoms with Gasteiger partial charge in [-0.1, -0.05) is 54.6 Å². The van der Waals surface area contributed by atoms with Crippen LogP contribution in [0.15, 0.2) is 78.9 Å². The predicted molar refractivity (Wildman–Crippen MR) is 155 cm³/mol. The Kier molecular flexibility index (Phi) is 10.1. The summed E-state index contributed by atoms with van der Waals surface area (Å²) in [5.41, 5.74) is 2.74. The first kappa shape index (κ1) is 30.4. The van der Waals surface area contributed by atoms with Crippen LogP contribution in [0.1, 0.15) is 30.5 Å². The van der Waals surface area contributed by atoms with Crippen LogP contribution in [0.2, 0.25) is 0 Å². The van der Waals surface area contributed by atoms with Crippen molar-refractivity contribution in [3.05, 3.63) is 95.6 Å². The SMILES string of the molecule is COc1ccc(CC(Cc2ccc(OC)cc2)N2C(=O)C(C(C)OC(=O)OCc3ccccc3)C2C(C)C(=O)O)cc1. The van der Waals surface area contributed by atoms with Crippen LogP contribution in [-0.2, 0) is 38.5 Å². The van der Waals surface area contributed by atoms with E-state index in [1.807, 2.05) is 78.9 Å². The molecule has 0 aliphatic carbocycles. The molecule has 0 spiro atoms. The molecule has 1 fully saturated rings. The van der Waals surface area contributed by atoms with E-state index in [1.165, 1.54) is 0 Å². The predicted octanol–water partition coefficient (Wildman–Crippen LogP) is 5.15. The van der Waals surface area contributed by atoms with Gasteiger partial charge in [0.2, 0.25) is 5.91 Å². The molecule has 4 atom stereocenters. The summed E-state index contributed by atoms with van der Waals surface area (Å²) in [6.45, 7) is 3.21. The van der Waals surface area contributed by atoms with Gasteiger partial charge in [0.1, 0.15) is 24.2 Å². The first-order chi connectivity index (χ1) is 20.2. The summed E-state index contributed by atoms with van der Waals surface area (Å²) < 4.78 is 21.3. The van der Waals surface area contributed by atoms with Gasteiger partial charge in [-0.2, -0.15) is 0 Å². The molecule has 1 heterocycles. The molecule has 0 aromatic heterocycles. The molecule has 3 aromatic rings. The van der Waals surface area contributed by atoms with Crippen LogP contribution in [0.3, 0.4) is 0 Å². The number of amides is 1. The number of likely N-dealkylation sites (tertiary alicyclic amines) is 1. The number of carboxylic acids is 1. The molecule has 1 amide bonds. The van der Waals surface area contributed by atoms with E-state index in [9.17, 15) is 19.5 Å². The minimum Gasteiger partial charge on any atom is -0.497 e. The van der Waals surface area contributed by atoms with Crippen LogP contribution in [0.25, 0.3) is 0 Å². The average molecular weight is 576 g/mol. The van der Waals surface area contributed by atoms with Crippen molar-refractivity contribution < 1.29 is 38.4 Å². The first-order valence-corrected chi connectivity index (χ1v) is 13.9. The summed E-state index contributed by atoms with van der Waals surface area (Å²) in [5, 5.41) is 9.99. The van der Waals surface area contributed by atoms with Gasteiger partial charge in [-0.15, -0.1) is 0 Å². The van der Waals surface area contributed by atoms with E-state index < -0.39 is 36.1 Å². The number of carboxylic acid groups (broad SMARTS) is 1. The Morgan fingerprint density at radius 2 is 1.33 bits per heavy atom. The van der Waals surface area contributed by atoms with Crippen LogP contribution in [0.5, 0.6) is 11.5 Å². The van der Waals surface area contributed by atoms with E-state index in [4.69, 9.17) is 18.9 Å². The molecule has 1 aliphatic rings. The number of carbonyl (C=O) groups is 3. The zero-order valence-corrected chi connectivity index (χ0v) is 24.3. The molecule has 9 heteroatoms. The molecule has 4 rings (SSSR count). The summed E-state index contributed by atoms with van der Waals surface area (Å²) >= 11 is 0. The number of carbonyl (C=O) groups excluding carboxylic acids is 2. The number of benzene rings is 3. The summed E-state index contributed by atoms with van der Waals surface area (Å²) in [6.07, 6.45) is -0.809. The highest BCUT2D eigenvalue weighted by Gasteiger charge is 2.57. The number of hydrogen-bond donors (Lipinski definition) is 1. The van der Waals surface area contributed by atoms with Crippen molar-refractivity contribution in [3.8, 4) is 11.5 Å². The van der Waals surface area contributed by atoms with Crippen molar-refractivity contribution >= 4 is 18.0 Å². The normalized spacial score (nSPS) is 17.6. The van der Waals surface area contributed by atoms with Gasteiger partial charge in [0.25, 0.3) is 0 Å². The van der Waals surface area contributed by atoms with Gasteiger partial charge in [-0.25, -0.2) is 4.79 Å². The monoisotopic (exact) mass is 575 g/mol. The molecular formula is C33H37NO8. The number of ether oxygens (including phenoxy) is 4. The van der Waals surface area contributed by atoms with Crippen molar-refractivity contribution in [2.24, 2.45) is 11.8 Å². The molecule has 0 bridgehead atoms. The lowest BCUT2D eigenvalue weighted by atomic mass is 9.74. The molecule has 222 valence electrons. The second-order valence-corrected chi connectivity index (χ2v) is 10.5. The van der Waals surface area contributed by atoms with Crippen LogP contribution < -0.4 is 9.47 Å². The Hall–Kier alpha value is -4.53. The second-order valence-electron chi connectivity index (χ2n) is 10.5. The Morgan fingerprint density at radius 3 is 1.81 bits per heavy atom. The van der Waals surface area contributed by atoms with Gasteiger partial charge in [0.05, 0.1) is 32.1 Å². The molecule has 1 saturated heterocycles. The van der Waals surface area contributed by atoms with E-state index >= 15 is 0 Å². The third-order valence-corrected chi connectivity index (χ3v) is 7.77. The maximum atomic E-state index is 13.8. The smallest absolute Gasteiger partial charge is 0.497 e. The average Bonchev–Trinajstić information content (AvgIpc) is 2.99. The highest BCUT2D eigenvalue weighted by Crippen LogP contribution is 2.39. The quantitative estimate of drug-likeness (QED) is 0.220. The lowest BCUT2D eigenvalue weighted by Crippen LogP contribution is -2.71. The zero-order chi connectivity index (χ0) is 30.2.